The van der Waals surface area contributed by atoms with Crippen molar-refractivity contribution in [1.29, 1.82) is 0 Å². The van der Waals surface area contributed by atoms with Crippen molar-refractivity contribution in [2.45, 2.75) is 64.2 Å². The largest absolute Gasteiger partial charge is 0.299 e. The Hall–Kier alpha value is -0.330. The summed E-state index contributed by atoms with van der Waals surface area (Å²) in [6.45, 7) is 0. The van der Waals surface area contributed by atoms with Crippen LogP contribution in [0.15, 0.2) is 0 Å². The monoisotopic (exact) mass is 194 g/mol. The highest BCUT2D eigenvalue weighted by Gasteiger charge is 2.37. The quantitative estimate of drug-likeness (QED) is 0.574. The molecule has 0 aromatic rings. The van der Waals surface area contributed by atoms with E-state index in [2.05, 4.69) is 0 Å². The van der Waals surface area contributed by atoms with Crippen LogP contribution in [0.2, 0.25) is 0 Å². The molecule has 0 N–H and O–H groups in total. The van der Waals surface area contributed by atoms with Gasteiger partial charge in [0.2, 0.25) is 0 Å². The Morgan fingerprint density at radius 1 is 0.786 bits per heavy atom. The van der Waals surface area contributed by atoms with Crippen molar-refractivity contribution in [3.8, 4) is 0 Å². The second-order valence-electron chi connectivity index (χ2n) is 5.09. The molecule has 2 atom stereocenters. The number of hydrogen-bond acceptors (Lipinski definition) is 1. The Morgan fingerprint density at radius 2 is 1.36 bits per heavy atom. The zero-order valence-electron chi connectivity index (χ0n) is 9.13. The van der Waals surface area contributed by atoms with Crippen molar-refractivity contribution in [2.24, 2.45) is 11.8 Å². The van der Waals surface area contributed by atoms with Gasteiger partial charge in [0.15, 0.2) is 0 Å². The van der Waals surface area contributed by atoms with E-state index < -0.39 is 0 Å². The first-order valence-corrected chi connectivity index (χ1v) is 6.40. The summed E-state index contributed by atoms with van der Waals surface area (Å²) < 4.78 is 0. The molecule has 14 heavy (non-hydrogen) atoms. The number of ketones is 1. The van der Waals surface area contributed by atoms with Gasteiger partial charge in [-0.25, -0.2) is 0 Å². The molecule has 0 aliphatic heterocycles. The van der Waals surface area contributed by atoms with Gasteiger partial charge in [-0.2, -0.15) is 0 Å². The van der Waals surface area contributed by atoms with E-state index in [9.17, 15) is 4.79 Å². The molecular formula is C13H22O. The fourth-order valence-electron chi connectivity index (χ4n) is 3.01. The second-order valence-corrected chi connectivity index (χ2v) is 5.09. The van der Waals surface area contributed by atoms with Gasteiger partial charge in [0.05, 0.1) is 0 Å². The Labute approximate surface area is 87.3 Å². The van der Waals surface area contributed by atoms with Crippen molar-refractivity contribution in [2.75, 3.05) is 0 Å². The first kappa shape index (κ1) is 10.2. The lowest BCUT2D eigenvalue weighted by molar-refractivity contribution is -0.134. The van der Waals surface area contributed by atoms with Gasteiger partial charge in [-0.3, -0.25) is 4.79 Å². The molecule has 80 valence electrons. The minimum absolute atomic E-state index is 0.480. The molecule has 0 heterocycles. The van der Waals surface area contributed by atoms with E-state index >= 15 is 0 Å². The minimum Gasteiger partial charge on any atom is -0.299 e. The highest BCUT2D eigenvalue weighted by molar-refractivity contribution is 5.87. The van der Waals surface area contributed by atoms with Gasteiger partial charge in [-0.05, 0) is 18.8 Å². The molecule has 0 aromatic heterocycles. The molecule has 2 saturated carbocycles. The van der Waals surface area contributed by atoms with E-state index in [1.54, 1.807) is 0 Å². The molecule has 1 heteroatoms. The molecule has 0 amide bonds. The Kier molecular flexibility index (Phi) is 3.61. The van der Waals surface area contributed by atoms with E-state index in [1.807, 2.05) is 0 Å². The van der Waals surface area contributed by atoms with Crippen LogP contribution in [0, 0.1) is 11.8 Å². The number of carbonyl (C=O) groups excluding carboxylic acids is 1. The van der Waals surface area contributed by atoms with Gasteiger partial charge in [-0.15, -0.1) is 0 Å². The number of rotatable bonds is 0. The van der Waals surface area contributed by atoms with Crippen LogP contribution in [0.3, 0.4) is 0 Å². The van der Waals surface area contributed by atoms with Crippen LogP contribution in [-0.4, -0.2) is 5.78 Å². The van der Waals surface area contributed by atoms with Gasteiger partial charge < -0.3 is 0 Å². The average molecular weight is 194 g/mol. The van der Waals surface area contributed by atoms with Crippen LogP contribution in [0.4, 0.5) is 0 Å². The molecule has 2 rings (SSSR count). The smallest absolute Gasteiger partial charge is 0.136 e. The van der Waals surface area contributed by atoms with Crippen LogP contribution < -0.4 is 0 Å². The van der Waals surface area contributed by atoms with Gasteiger partial charge in [-0.1, -0.05) is 44.9 Å². The van der Waals surface area contributed by atoms with Crippen molar-refractivity contribution in [3.05, 3.63) is 0 Å². The standard InChI is InChI=1S/C13H22O/c14-13-10-11-8-6-4-2-1-3-5-7-9-12(11)13/h11-12H,1-10H2. The number of carbonyl (C=O) groups is 1. The van der Waals surface area contributed by atoms with Gasteiger partial charge in [0, 0.05) is 12.3 Å². The normalized spacial score (nSPS) is 35.3. The third-order valence-electron chi connectivity index (χ3n) is 4.04. The molecule has 2 unspecified atom stereocenters. The van der Waals surface area contributed by atoms with Crippen molar-refractivity contribution < 1.29 is 4.79 Å². The molecule has 0 aromatic carbocycles. The third-order valence-corrected chi connectivity index (χ3v) is 4.04. The highest BCUT2D eigenvalue weighted by atomic mass is 16.1. The summed E-state index contributed by atoms with van der Waals surface area (Å²) in [5.41, 5.74) is 0. The fraction of sp³-hybridized carbons (Fsp3) is 0.923. The lowest BCUT2D eigenvalue weighted by Gasteiger charge is -2.35. The Bertz CT molecular complexity index is 197. The average Bonchev–Trinajstić information content (AvgIpc) is 2.21. The van der Waals surface area contributed by atoms with Crippen molar-refractivity contribution >= 4 is 5.78 Å². The SMILES string of the molecule is O=C1CC2CCCCCCCCCC12. The first-order chi connectivity index (χ1) is 6.88. The van der Waals surface area contributed by atoms with E-state index in [0.717, 1.165) is 12.3 Å². The molecule has 0 spiro atoms. The zero-order valence-corrected chi connectivity index (χ0v) is 9.13. The topological polar surface area (TPSA) is 17.1 Å². The van der Waals surface area contributed by atoms with Crippen LogP contribution in [0.1, 0.15) is 64.2 Å². The summed E-state index contributed by atoms with van der Waals surface area (Å²) >= 11 is 0. The lowest BCUT2D eigenvalue weighted by Crippen LogP contribution is -2.36. The molecular weight excluding hydrogens is 172 g/mol. The van der Waals surface area contributed by atoms with Crippen LogP contribution in [0.25, 0.3) is 0 Å². The summed E-state index contributed by atoms with van der Waals surface area (Å²) in [5.74, 6) is 1.82. The molecule has 2 aliphatic carbocycles. The predicted molar refractivity (Wildman–Crippen MR) is 58.2 cm³/mol. The molecule has 2 aliphatic rings. The zero-order chi connectivity index (χ0) is 9.80. The van der Waals surface area contributed by atoms with E-state index in [1.165, 1.54) is 57.8 Å². The maximum atomic E-state index is 11.4. The van der Waals surface area contributed by atoms with Gasteiger partial charge in [0.1, 0.15) is 5.78 Å². The lowest BCUT2D eigenvalue weighted by atomic mass is 9.68. The summed E-state index contributed by atoms with van der Waals surface area (Å²) in [5, 5.41) is 0. The number of fused-ring (bicyclic) bond motifs is 1. The molecule has 0 bridgehead atoms. The predicted octanol–water partition coefficient (Wildman–Crippen LogP) is 3.72. The summed E-state index contributed by atoms with van der Waals surface area (Å²) in [6, 6.07) is 0. The molecule has 2 fully saturated rings. The summed E-state index contributed by atoms with van der Waals surface area (Å²) in [6.07, 6.45) is 13.1. The van der Waals surface area contributed by atoms with Crippen LogP contribution in [0.5, 0.6) is 0 Å². The summed E-state index contributed by atoms with van der Waals surface area (Å²) in [4.78, 5) is 11.4. The number of Topliss-reactive ketones (excluding diaryl/α,β-unsaturated/α-hetero) is 1. The van der Waals surface area contributed by atoms with Crippen molar-refractivity contribution in [1.82, 2.24) is 0 Å². The second kappa shape index (κ2) is 4.95. The van der Waals surface area contributed by atoms with Crippen molar-refractivity contribution in [3.63, 3.8) is 0 Å². The van der Waals surface area contributed by atoms with Crippen LogP contribution >= 0.6 is 0 Å². The molecule has 0 radical (unpaired) electrons. The Balaban J connectivity index is 1.82. The van der Waals surface area contributed by atoms with Crippen LogP contribution in [-0.2, 0) is 4.79 Å². The van der Waals surface area contributed by atoms with E-state index in [-0.39, 0.29) is 0 Å². The minimum atomic E-state index is 0.480. The maximum absolute atomic E-state index is 11.4. The number of hydrogen-bond donors (Lipinski definition) is 0. The van der Waals surface area contributed by atoms with Gasteiger partial charge >= 0.3 is 0 Å². The Morgan fingerprint density at radius 3 is 2.00 bits per heavy atom. The molecule has 1 nitrogen and oxygen atoms in total. The third kappa shape index (κ3) is 2.37. The first-order valence-electron chi connectivity index (χ1n) is 6.40. The van der Waals surface area contributed by atoms with E-state index in [4.69, 9.17) is 0 Å². The fourth-order valence-corrected chi connectivity index (χ4v) is 3.01. The maximum Gasteiger partial charge on any atom is 0.136 e. The van der Waals surface area contributed by atoms with E-state index in [0.29, 0.717) is 11.7 Å². The van der Waals surface area contributed by atoms with Gasteiger partial charge in [0.25, 0.3) is 0 Å². The highest BCUT2D eigenvalue weighted by Crippen LogP contribution is 2.38. The summed E-state index contributed by atoms with van der Waals surface area (Å²) in [7, 11) is 0. The molecule has 0 saturated heterocycles.